The van der Waals surface area contributed by atoms with Crippen molar-refractivity contribution in [1.29, 1.82) is 5.26 Å². The van der Waals surface area contributed by atoms with Gasteiger partial charge in [0.25, 0.3) is 5.69 Å². The van der Waals surface area contributed by atoms with Crippen LogP contribution in [0.4, 0.5) is 16.3 Å². The Hall–Kier alpha value is -5.42. The van der Waals surface area contributed by atoms with Crippen molar-refractivity contribution in [3.63, 3.8) is 0 Å². The number of fused-ring (bicyclic) bond motifs is 1. The van der Waals surface area contributed by atoms with E-state index in [9.17, 15) is 44.9 Å². The minimum atomic E-state index is -1.96. The standard InChI is InChI=1S/C31H36N8O11/c1-16-7-10-37(22(40)6-9-32)14-20(16)36(3)27-19-8-11-38(28(19)34-15-33-27)31(46)35(2)13-17-12-18(39(47)48)4-5-21(17)49-30-25(43)23(41)24(42)26(50-30)29(44)45/h4-5,8,11-12,15-16,20,23-26,30,41-43H,6-7,10,13-14H2,1-3H3,(H,44,45)/t16-,20+,23+,24+,25-,26+,30-/m1/s1. The van der Waals surface area contributed by atoms with Gasteiger partial charge in [-0.2, -0.15) is 5.26 Å². The number of carboxylic acid groups (broad SMARTS) is 1. The number of carboxylic acids is 1. The van der Waals surface area contributed by atoms with Crippen LogP contribution in [0.5, 0.6) is 5.75 Å². The molecule has 266 valence electrons. The molecule has 2 aliphatic heterocycles. The van der Waals surface area contributed by atoms with Crippen molar-refractivity contribution in [2.75, 3.05) is 32.1 Å². The van der Waals surface area contributed by atoms with E-state index in [0.29, 0.717) is 24.3 Å². The maximum atomic E-state index is 13.8. The van der Waals surface area contributed by atoms with Crippen LogP contribution < -0.4 is 9.64 Å². The molecule has 2 aromatic heterocycles. The molecule has 50 heavy (non-hydrogen) atoms. The Bertz CT molecular complexity index is 1830. The van der Waals surface area contributed by atoms with Crippen LogP contribution in [0.2, 0.25) is 0 Å². The van der Waals surface area contributed by atoms with Crippen LogP contribution in [0, 0.1) is 27.4 Å². The summed E-state index contributed by atoms with van der Waals surface area (Å²) in [7, 11) is 3.26. The van der Waals surface area contributed by atoms with Crippen molar-refractivity contribution >= 4 is 40.4 Å². The average molecular weight is 697 g/mol. The first-order chi connectivity index (χ1) is 23.7. The predicted molar refractivity (Wildman–Crippen MR) is 171 cm³/mol. The van der Waals surface area contributed by atoms with Gasteiger partial charge in [0, 0.05) is 51.1 Å². The second-order valence-electron chi connectivity index (χ2n) is 12.3. The number of nitro groups is 1. The molecule has 1 aromatic carbocycles. The number of anilines is 1. The van der Waals surface area contributed by atoms with Gasteiger partial charge in [0.1, 0.15) is 42.6 Å². The van der Waals surface area contributed by atoms with Crippen LogP contribution in [0.15, 0.2) is 36.8 Å². The number of ether oxygens (including phenoxy) is 2. The van der Waals surface area contributed by atoms with Crippen molar-refractivity contribution in [1.82, 2.24) is 24.3 Å². The van der Waals surface area contributed by atoms with Crippen molar-refractivity contribution in [2.24, 2.45) is 5.92 Å². The molecule has 5 rings (SSSR count). The number of hydrogen-bond acceptors (Lipinski definition) is 14. The Labute approximate surface area is 284 Å². The fraction of sp³-hybridized carbons (Fsp3) is 0.484. The van der Waals surface area contributed by atoms with Gasteiger partial charge in [-0.15, -0.1) is 0 Å². The number of non-ortho nitro benzene ring substituents is 1. The maximum absolute atomic E-state index is 13.8. The number of benzene rings is 1. The largest absolute Gasteiger partial charge is 0.479 e. The van der Waals surface area contributed by atoms with Crippen molar-refractivity contribution < 1.29 is 49.2 Å². The number of aliphatic hydroxyl groups excluding tert-OH is 3. The number of nitriles is 1. The van der Waals surface area contributed by atoms with Gasteiger partial charge in [-0.05, 0) is 24.5 Å². The van der Waals surface area contributed by atoms with Gasteiger partial charge in [0.15, 0.2) is 11.8 Å². The lowest BCUT2D eigenvalue weighted by molar-refractivity contribution is -0.385. The molecule has 0 unspecified atom stereocenters. The monoisotopic (exact) mass is 696 g/mol. The van der Waals surface area contributed by atoms with Crippen molar-refractivity contribution in [3.05, 3.63) is 52.5 Å². The average Bonchev–Trinajstić information content (AvgIpc) is 3.53. The number of carbonyl (C=O) groups excluding carboxylic acids is 2. The van der Waals surface area contributed by atoms with E-state index in [4.69, 9.17) is 14.7 Å². The van der Waals surface area contributed by atoms with E-state index in [1.807, 2.05) is 18.0 Å². The van der Waals surface area contributed by atoms with Gasteiger partial charge in [-0.3, -0.25) is 19.5 Å². The van der Waals surface area contributed by atoms with Crippen molar-refractivity contribution in [3.8, 4) is 11.8 Å². The van der Waals surface area contributed by atoms with Crippen molar-refractivity contribution in [2.45, 2.75) is 63.1 Å². The van der Waals surface area contributed by atoms with E-state index in [2.05, 4.69) is 16.9 Å². The first kappa shape index (κ1) is 35.9. The van der Waals surface area contributed by atoms with Gasteiger partial charge in [-0.25, -0.2) is 19.6 Å². The van der Waals surface area contributed by atoms with Gasteiger partial charge in [0.2, 0.25) is 12.2 Å². The topological polar surface area (TPSA) is 258 Å². The Morgan fingerprint density at radius 1 is 1.16 bits per heavy atom. The third-order valence-corrected chi connectivity index (χ3v) is 9.04. The minimum Gasteiger partial charge on any atom is -0.479 e. The quantitative estimate of drug-likeness (QED) is 0.173. The fourth-order valence-electron chi connectivity index (χ4n) is 6.19. The van der Waals surface area contributed by atoms with E-state index in [1.165, 1.54) is 35.1 Å². The highest BCUT2D eigenvalue weighted by molar-refractivity contribution is 5.95. The van der Waals surface area contributed by atoms with Crippen LogP contribution >= 0.6 is 0 Å². The van der Waals surface area contributed by atoms with Gasteiger partial charge >= 0.3 is 12.0 Å². The zero-order chi connectivity index (χ0) is 36.4. The van der Waals surface area contributed by atoms with Crippen LogP contribution in [0.1, 0.15) is 25.3 Å². The molecule has 2 amide bonds. The van der Waals surface area contributed by atoms with Gasteiger partial charge in [0.05, 0.1) is 29.0 Å². The molecule has 3 aromatic rings. The normalized spacial score (nSPS) is 25.1. The summed E-state index contributed by atoms with van der Waals surface area (Å²) in [6.45, 7) is 2.72. The number of likely N-dealkylation sites (N-methyl/N-ethyl adjacent to an activating group) is 1. The fourth-order valence-corrected chi connectivity index (χ4v) is 6.19. The molecule has 2 saturated heterocycles. The molecule has 0 saturated carbocycles. The van der Waals surface area contributed by atoms with Crippen LogP contribution in [-0.2, 0) is 20.9 Å². The summed E-state index contributed by atoms with van der Waals surface area (Å²) in [5.74, 6) is -1.29. The number of aliphatic carboxylic acids is 1. The van der Waals surface area contributed by atoms with Crippen LogP contribution in [0.3, 0.4) is 0 Å². The van der Waals surface area contributed by atoms with Gasteiger partial charge < -0.3 is 44.6 Å². The first-order valence-corrected chi connectivity index (χ1v) is 15.5. The molecule has 2 aliphatic rings. The summed E-state index contributed by atoms with van der Waals surface area (Å²) in [5, 5.41) is 61.1. The van der Waals surface area contributed by atoms with E-state index in [1.54, 1.807) is 11.0 Å². The number of piperidine rings is 1. The summed E-state index contributed by atoms with van der Waals surface area (Å²) < 4.78 is 12.1. The second-order valence-corrected chi connectivity index (χ2v) is 12.3. The highest BCUT2D eigenvalue weighted by Gasteiger charge is 2.48. The van der Waals surface area contributed by atoms with E-state index in [-0.39, 0.29) is 53.5 Å². The molecular formula is C31H36N8O11. The molecule has 0 spiro atoms. The first-order valence-electron chi connectivity index (χ1n) is 15.5. The highest BCUT2D eigenvalue weighted by Crippen LogP contribution is 2.32. The number of likely N-dealkylation sites (tertiary alicyclic amines) is 1. The number of hydrogen-bond donors (Lipinski definition) is 4. The van der Waals surface area contributed by atoms with Gasteiger partial charge in [-0.1, -0.05) is 6.92 Å². The Morgan fingerprint density at radius 2 is 1.90 bits per heavy atom. The molecular weight excluding hydrogens is 660 g/mol. The van der Waals surface area contributed by atoms with E-state index in [0.717, 1.165) is 18.6 Å². The molecule has 7 atom stereocenters. The molecule has 19 heteroatoms. The number of nitrogens with zero attached hydrogens (tertiary/aromatic N) is 8. The third kappa shape index (κ3) is 7.00. The molecule has 0 radical (unpaired) electrons. The number of carbonyl (C=O) groups is 3. The van der Waals surface area contributed by atoms with Crippen LogP contribution in [0.25, 0.3) is 11.0 Å². The Balaban J connectivity index is 1.39. The molecule has 4 heterocycles. The highest BCUT2D eigenvalue weighted by atomic mass is 16.7. The zero-order valence-electron chi connectivity index (χ0n) is 27.3. The molecule has 19 nitrogen and oxygen atoms in total. The summed E-state index contributed by atoms with van der Waals surface area (Å²) in [4.78, 5) is 62.3. The lowest BCUT2D eigenvalue weighted by Crippen LogP contribution is -2.61. The van der Waals surface area contributed by atoms with E-state index < -0.39 is 47.6 Å². The maximum Gasteiger partial charge on any atom is 0.335 e. The molecule has 0 bridgehead atoms. The number of aromatic nitrogens is 3. The molecule has 0 aliphatic carbocycles. The zero-order valence-corrected chi connectivity index (χ0v) is 27.3. The molecule has 4 N–H and O–H groups in total. The summed E-state index contributed by atoms with van der Waals surface area (Å²) >= 11 is 0. The summed E-state index contributed by atoms with van der Waals surface area (Å²) in [6.07, 6.45) is -6.20. The Morgan fingerprint density at radius 3 is 2.58 bits per heavy atom. The Kier molecular flexibility index (Phi) is 10.5. The third-order valence-electron chi connectivity index (χ3n) is 9.04. The lowest BCUT2D eigenvalue weighted by atomic mass is 9.92. The number of nitro benzene ring substituents is 1. The SMILES string of the molecule is C[C@@H]1CCN(C(=O)CC#N)C[C@@H]1N(C)c1ncnc2c1ccn2C(=O)N(C)Cc1cc([N+](=O)[O-])ccc1O[C@@H]1O[C@H](C(=O)O)[C@@H](O)[C@H](O)[C@H]1O. The smallest absolute Gasteiger partial charge is 0.335 e. The number of aliphatic hydroxyl groups is 3. The lowest BCUT2D eigenvalue weighted by Gasteiger charge is -2.42. The number of rotatable bonds is 9. The predicted octanol–water partition coefficient (Wildman–Crippen LogP) is 0.297. The second kappa shape index (κ2) is 14.6. The van der Waals surface area contributed by atoms with E-state index >= 15 is 0 Å². The van der Waals surface area contributed by atoms with Crippen LogP contribution in [-0.4, -0.2) is 132 Å². The minimum absolute atomic E-state index is 0.0756. The summed E-state index contributed by atoms with van der Waals surface area (Å²) in [6, 6.07) is 6.24. The molecule has 2 fully saturated rings. The number of amides is 2. The summed E-state index contributed by atoms with van der Waals surface area (Å²) in [5.41, 5.74) is -0.0125.